The van der Waals surface area contributed by atoms with Crippen molar-refractivity contribution >= 4 is 5.91 Å². The van der Waals surface area contributed by atoms with Crippen LogP contribution >= 0.6 is 0 Å². The molecular weight excluding hydrogens is 236 g/mol. The van der Waals surface area contributed by atoms with Gasteiger partial charge in [-0.3, -0.25) is 4.79 Å². The van der Waals surface area contributed by atoms with Crippen LogP contribution in [0.3, 0.4) is 0 Å². The minimum absolute atomic E-state index is 0.169. The molecule has 18 heavy (non-hydrogen) atoms. The number of carbonyl (C=O) groups excluding carboxylic acids is 1. The number of rotatable bonds is 7. The molecule has 0 spiro atoms. The van der Waals surface area contributed by atoms with Crippen molar-refractivity contribution in [1.82, 2.24) is 5.32 Å². The Kier molecular flexibility index (Phi) is 6.72. The number of nitrogens with zero attached hydrogens (tertiary/aromatic N) is 1. The first kappa shape index (κ1) is 16.7. The molecule has 0 radical (unpaired) electrons. The summed E-state index contributed by atoms with van der Waals surface area (Å²) in [6.07, 6.45) is -1.29. The monoisotopic (exact) mass is 258 g/mol. The van der Waals surface area contributed by atoms with Crippen molar-refractivity contribution in [3.63, 3.8) is 0 Å². The van der Waals surface area contributed by atoms with Crippen LogP contribution in [0.4, 0.5) is 0 Å². The SMILES string of the molecule is CC(C)=C([O-])[N-]CCNC(=O)C(O)C(C)(C)CO. The van der Waals surface area contributed by atoms with Crippen LogP contribution in [0.25, 0.3) is 5.32 Å². The lowest BCUT2D eigenvalue weighted by atomic mass is 9.87. The standard InChI is InChI=1S/C12H23N2O4/c1-8(2)10(17)13-5-6-14-11(18)9(16)12(3,4)7-15/h9,15-17H,5-7H2,1-4H3,(H,14,18)/q-1/p-1. The van der Waals surface area contributed by atoms with E-state index >= 15 is 0 Å². The smallest absolute Gasteiger partial charge is 0.249 e. The number of nitrogens with one attached hydrogen (secondary N) is 1. The first-order chi connectivity index (χ1) is 8.22. The number of carbonyl (C=O) groups is 1. The number of aliphatic hydroxyl groups excluding tert-OH is 2. The van der Waals surface area contributed by atoms with Gasteiger partial charge in [-0.2, -0.15) is 0 Å². The molecular formula is C12H22N2O4-2. The van der Waals surface area contributed by atoms with Crippen LogP contribution < -0.4 is 10.4 Å². The van der Waals surface area contributed by atoms with E-state index in [1.165, 1.54) is 0 Å². The number of allylic oxidation sites excluding steroid dienone is 1. The van der Waals surface area contributed by atoms with Gasteiger partial charge in [0.15, 0.2) is 0 Å². The minimum Gasteiger partial charge on any atom is -0.889 e. The number of aliphatic hydroxyl groups is 2. The van der Waals surface area contributed by atoms with E-state index in [0.717, 1.165) is 0 Å². The lowest BCUT2D eigenvalue weighted by molar-refractivity contribution is -0.299. The maximum Gasteiger partial charge on any atom is 0.249 e. The maximum absolute atomic E-state index is 11.5. The van der Waals surface area contributed by atoms with Crippen molar-refractivity contribution in [3.8, 4) is 0 Å². The van der Waals surface area contributed by atoms with Gasteiger partial charge < -0.3 is 26.0 Å². The molecule has 0 aliphatic carbocycles. The van der Waals surface area contributed by atoms with E-state index in [1.807, 2.05) is 0 Å². The number of amides is 1. The van der Waals surface area contributed by atoms with Crippen molar-refractivity contribution in [2.75, 3.05) is 19.7 Å². The van der Waals surface area contributed by atoms with Gasteiger partial charge in [0.1, 0.15) is 6.10 Å². The van der Waals surface area contributed by atoms with Crippen LogP contribution in [0.15, 0.2) is 11.5 Å². The van der Waals surface area contributed by atoms with Crippen molar-refractivity contribution in [3.05, 3.63) is 16.8 Å². The van der Waals surface area contributed by atoms with Gasteiger partial charge in [0.25, 0.3) is 0 Å². The molecule has 0 aromatic rings. The predicted octanol–water partition coefficient (Wildman–Crippen LogP) is -0.533. The summed E-state index contributed by atoms with van der Waals surface area (Å²) in [7, 11) is 0. The fraction of sp³-hybridized carbons (Fsp3) is 0.750. The van der Waals surface area contributed by atoms with E-state index in [-0.39, 0.29) is 25.6 Å². The van der Waals surface area contributed by atoms with E-state index in [9.17, 15) is 15.0 Å². The molecule has 0 rings (SSSR count). The van der Waals surface area contributed by atoms with Gasteiger partial charge in [-0.15, -0.1) is 12.1 Å². The molecule has 0 aromatic carbocycles. The van der Waals surface area contributed by atoms with E-state index in [1.54, 1.807) is 27.7 Å². The van der Waals surface area contributed by atoms with E-state index in [0.29, 0.717) is 5.57 Å². The first-order valence-corrected chi connectivity index (χ1v) is 5.81. The van der Waals surface area contributed by atoms with Crippen LogP contribution in [0, 0.1) is 5.41 Å². The predicted molar refractivity (Wildman–Crippen MR) is 66.5 cm³/mol. The van der Waals surface area contributed by atoms with Crippen LogP contribution in [-0.2, 0) is 4.79 Å². The summed E-state index contributed by atoms with van der Waals surface area (Å²) >= 11 is 0. The van der Waals surface area contributed by atoms with Gasteiger partial charge in [-0.25, -0.2) is 5.88 Å². The Morgan fingerprint density at radius 3 is 2.44 bits per heavy atom. The largest absolute Gasteiger partial charge is 0.889 e. The highest BCUT2D eigenvalue weighted by Crippen LogP contribution is 2.19. The zero-order chi connectivity index (χ0) is 14.3. The lowest BCUT2D eigenvalue weighted by Crippen LogP contribution is -2.46. The topological polar surface area (TPSA) is 107 Å². The molecule has 0 saturated carbocycles. The average molecular weight is 258 g/mol. The van der Waals surface area contributed by atoms with E-state index in [2.05, 4.69) is 10.6 Å². The Morgan fingerprint density at radius 1 is 1.44 bits per heavy atom. The quantitative estimate of drug-likeness (QED) is 0.421. The van der Waals surface area contributed by atoms with Crippen molar-refractivity contribution in [2.45, 2.75) is 33.8 Å². The summed E-state index contributed by atoms with van der Waals surface area (Å²) in [4.78, 5) is 11.5. The van der Waals surface area contributed by atoms with Crippen molar-refractivity contribution in [2.24, 2.45) is 5.41 Å². The summed E-state index contributed by atoms with van der Waals surface area (Å²) in [5.41, 5.74) is -0.312. The van der Waals surface area contributed by atoms with Crippen LogP contribution in [0.5, 0.6) is 0 Å². The zero-order valence-electron chi connectivity index (χ0n) is 11.4. The van der Waals surface area contributed by atoms with E-state index in [4.69, 9.17) is 5.11 Å². The second kappa shape index (κ2) is 7.23. The van der Waals surface area contributed by atoms with Gasteiger partial charge >= 0.3 is 0 Å². The lowest BCUT2D eigenvalue weighted by Gasteiger charge is -2.33. The Morgan fingerprint density at radius 2 is 2.00 bits per heavy atom. The normalized spacial score (nSPS) is 12.8. The molecule has 0 bridgehead atoms. The van der Waals surface area contributed by atoms with Crippen molar-refractivity contribution < 1.29 is 20.1 Å². The minimum atomic E-state index is -1.29. The molecule has 0 saturated heterocycles. The van der Waals surface area contributed by atoms with Crippen LogP contribution in [0.1, 0.15) is 27.7 Å². The summed E-state index contributed by atoms with van der Waals surface area (Å²) in [5.74, 6) is -0.866. The Bertz CT molecular complexity index is 309. The first-order valence-electron chi connectivity index (χ1n) is 5.81. The second-order valence-electron chi connectivity index (χ2n) is 5.03. The van der Waals surface area contributed by atoms with Crippen molar-refractivity contribution in [1.29, 1.82) is 0 Å². The Hall–Kier alpha value is -1.27. The molecule has 0 aromatic heterocycles. The molecule has 106 valence electrons. The molecule has 0 heterocycles. The third kappa shape index (κ3) is 5.37. The highest BCUT2D eigenvalue weighted by atomic mass is 16.3. The van der Waals surface area contributed by atoms with Gasteiger partial charge in [0.05, 0.1) is 6.61 Å². The van der Waals surface area contributed by atoms with Gasteiger partial charge in [-0.05, 0) is 13.8 Å². The molecule has 1 amide bonds. The maximum atomic E-state index is 11.5. The highest BCUT2D eigenvalue weighted by Gasteiger charge is 2.32. The highest BCUT2D eigenvalue weighted by molar-refractivity contribution is 5.81. The third-order valence-electron chi connectivity index (χ3n) is 2.49. The summed E-state index contributed by atoms with van der Waals surface area (Å²) in [5, 5.41) is 36.0. The average Bonchev–Trinajstić information content (AvgIpc) is 2.32. The number of hydrogen-bond acceptors (Lipinski definition) is 4. The molecule has 0 fully saturated rings. The van der Waals surface area contributed by atoms with Gasteiger partial charge in [-0.1, -0.05) is 13.8 Å². The molecule has 6 heteroatoms. The third-order valence-corrected chi connectivity index (χ3v) is 2.49. The van der Waals surface area contributed by atoms with Gasteiger partial charge in [0.2, 0.25) is 5.91 Å². The molecule has 1 atom stereocenters. The Labute approximate surface area is 108 Å². The summed E-state index contributed by atoms with van der Waals surface area (Å²) < 4.78 is 0. The van der Waals surface area contributed by atoms with E-state index < -0.39 is 17.4 Å². The second-order valence-corrected chi connectivity index (χ2v) is 5.03. The van der Waals surface area contributed by atoms with Gasteiger partial charge in [0, 0.05) is 12.0 Å². The summed E-state index contributed by atoms with van der Waals surface area (Å²) in [6.45, 7) is 6.55. The molecule has 0 aliphatic heterocycles. The molecule has 6 nitrogen and oxygen atoms in total. The fourth-order valence-corrected chi connectivity index (χ4v) is 1.03. The summed E-state index contributed by atoms with van der Waals surface area (Å²) in [6, 6.07) is 0. The number of hydrogen-bond donors (Lipinski definition) is 3. The molecule has 1 unspecified atom stereocenters. The molecule has 0 aliphatic rings. The van der Waals surface area contributed by atoms with Crippen LogP contribution in [0.2, 0.25) is 0 Å². The van der Waals surface area contributed by atoms with Crippen LogP contribution in [-0.4, -0.2) is 41.9 Å². The molecule has 3 N–H and O–H groups in total. The zero-order valence-corrected chi connectivity index (χ0v) is 11.4. The fourth-order valence-electron chi connectivity index (χ4n) is 1.03. The Balaban J connectivity index is 4.03.